The number of nitrogens with zero attached hydrogens (tertiary/aromatic N) is 3. The van der Waals surface area contributed by atoms with Crippen LogP contribution in [0.25, 0.3) is 0 Å². The maximum Gasteiger partial charge on any atom is 0.412 e. The van der Waals surface area contributed by atoms with Crippen molar-refractivity contribution in [1.82, 2.24) is 10.3 Å². The van der Waals surface area contributed by atoms with Gasteiger partial charge in [0.2, 0.25) is 0 Å². The van der Waals surface area contributed by atoms with Gasteiger partial charge in [0.05, 0.1) is 17.5 Å². The lowest BCUT2D eigenvalue weighted by molar-refractivity contribution is -0.389. The number of anilines is 1. The van der Waals surface area contributed by atoms with E-state index in [0.717, 1.165) is 18.7 Å². The molecule has 0 saturated carbocycles. The number of hydrogen-bond acceptors (Lipinski definition) is 6. The third-order valence-electron chi connectivity index (χ3n) is 3.06. The van der Waals surface area contributed by atoms with Crippen LogP contribution >= 0.6 is 0 Å². The van der Waals surface area contributed by atoms with E-state index in [1.165, 1.54) is 12.3 Å². The second-order valence-corrected chi connectivity index (χ2v) is 4.80. The average molecular weight is 292 g/mol. The largest absolute Gasteiger partial charge is 0.416 e. The van der Waals surface area contributed by atoms with E-state index in [-0.39, 0.29) is 11.9 Å². The van der Waals surface area contributed by atoms with E-state index in [1.807, 2.05) is 4.90 Å². The van der Waals surface area contributed by atoms with Gasteiger partial charge in [-0.1, -0.05) is 6.58 Å². The zero-order valence-electron chi connectivity index (χ0n) is 11.6. The van der Waals surface area contributed by atoms with E-state index >= 15 is 0 Å². The van der Waals surface area contributed by atoms with Crippen LogP contribution in [0.3, 0.4) is 0 Å². The lowest BCUT2D eigenvalue weighted by atomic mass is 10.3. The first kappa shape index (κ1) is 14.8. The molecule has 1 unspecified atom stereocenters. The maximum absolute atomic E-state index is 11.5. The number of hydrogen-bond donors (Lipinski definition) is 1. The molecule has 1 aliphatic heterocycles. The maximum atomic E-state index is 11.5. The Balaban J connectivity index is 1.91. The van der Waals surface area contributed by atoms with Crippen LogP contribution in [-0.2, 0) is 4.74 Å². The highest BCUT2D eigenvalue weighted by molar-refractivity contribution is 5.69. The van der Waals surface area contributed by atoms with Crippen molar-refractivity contribution in [3.63, 3.8) is 0 Å². The minimum Gasteiger partial charge on any atom is -0.416 e. The quantitative estimate of drug-likeness (QED) is 0.516. The molecule has 0 radical (unpaired) electrons. The third kappa shape index (κ3) is 3.91. The monoisotopic (exact) mass is 292 g/mol. The highest BCUT2D eigenvalue weighted by atomic mass is 16.6. The Kier molecular flexibility index (Phi) is 4.36. The summed E-state index contributed by atoms with van der Waals surface area (Å²) in [4.78, 5) is 27.3. The molecule has 21 heavy (non-hydrogen) atoms. The molecular weight excluding hydrogens is 276 g/mol. The summed E-state index contributed by atoms with van der Waals surface area (Å²) in [6.07, 6.45) is 1.71. The molecule has 1 atom stereocenters. The highest BCUT2D eigenvalue weighted by Gasteiger charge is 2.25. The first-order valence-corrected chi connectivity index (χ1v) is 6.45. The molecule has 2 rings (SSSR count). The van der Waals surface area contributed by atoms with Crippen LogP contribution in [0.2, 0.25) is 0 Å². The number of carbonyl (C=O) groups excluding carboxylic acids is 1. The van der Waals surface area contributed by atoms with Crippen molar-refractivity contribution in [2.75, 3.05) is 18.0 Å². The van der Waals surface area contributed by atoms with Crippen LogP contribution in [0.5, 0.6) is 0 Å². The van der Waals surface area contributed by atoms with Crippen LogP contribution in [0.4, 0.5) is 16.3 Å². The molecule has 8 heteroatoms. The number of alkyl carbamates (subject to hydrolysis) is 1. The first-order valence-electron chi connectivity index (χ1n) is 6.45. The van der Waals surface area contributed by atoms with Gasteiger partial charge in [0.25, 0.3) is 0 Å². The standard InChI is InChI=1S/C13H16N4O4/c1-9(2)21-13(18)15-10-5-6-16(8-10)11-3-4-12(14-7-11)17(19)20/h3-4,7,10H,1,5-6,8H2,2H3,(H,15,18). The predicted octanol–water partition coefficient (Wildman–Crippen LogP) is 1.83. The Morgan fingerprint density at radius 1 is 1.62 bits per heavy atom. The molecule has 0 aliphatic carbocycles. The summed E-state index contributed by atoms with van der Waals surface area (Å²) in [5.74, 6) is 0.152. The van der Waals surface area contributed by atoms with Crippen LogP contribution in [0.15, 0.2) is 30.7 Å². The molecule has 0 spiro atoms. The van der Waals surface area contributed by atoms with Gasteiger partial charge in [-0.2, -0.15) is 0 Å². The topological polar surface area (TPSA) is 97.6 Å². The van der Waals surface area contributed by atoms with Gasteiger partial charge < -0.3 is 25.1 Å². The van der Waals surface area contributed by atoms with Crippen LogP contribution in [-0.4, -0.2) is 35.1 Å². The number of rotatable bonds is 4. The van der Waals surface area contributed by atoms with Crippen molar-refractivity contribution in [2.24, 2.45) is 0 Å². The van der Waals surface area contributed by atoms with Crippen molar-refractivity contribution in [2.45, 2.75) is 19.4 Å². The van der Waals surface area contributed by atoms with Gasteiger partial charge in [-0.25, -0.2) is 4.79 Å². The molecule has 112 valence electrons. The lowest BCUT2D eigenvalue weighted by Gasteiger charge is -2.17. The van der Waals surface area contributed by atoms with E-state index in [2.05, 4.69) is 16.9 Å². The normalized spacial score (nSPS) is 17.4. The summed E-state index contributed by atoms with van der Waals surface area (Å²) in [7, 11) is 0. The molecule has 0 aromatic carbocycles. The first-order chi connectivity index (χ1) is 9.95. The molecule has 1 aromatic rings. The van der Waals surface area contributed by atoms with Crippen LogP contribution < -0.4 is 10.2 Å². The molecule has 1 N–H and O–H groups in total. The van der Waals surface area contributed by atoms with E-state index in [1.54, 1.807) is 13.0 Å². The van der Waals surface area contributed by atoms with Gasteiger partial charge in [-0.3, -0.25) is 0 Å². The molecule has 2 heterocycles. The van der Waals surface area contributed by atoms with E-state index in [9.17, 15) is 14.9 Å². The number of carbonyl (C=O) groups is 1. The van der Waals surface area contributed by atoms with Gasteiger partial charge >= 0.3 is 11.9 Å². The minimum absolute atomic E-state index is 0.0351. The molecule has 1 amide bonds. The number of ether oxygens (including phenoxy) is 1. The Morgan fingerprint density at radius 3 is 2.95 bits per heavy atom. The van der Waals surface area contributed by atoms with E-state index in [0.29, 0.717) is 12.3 Å². The Labute approximate surface area is 121 Å². The van der Waals surface area contributed by atoms with Crippen LogP contribution in [0, 0.1) is 10.1 Å². The molecular formula is C13H16N4O4. The fourth-order valence-electron chi connectivity index (χ4n) is 2.14. The number of nitrogens with one attached hydrogen (secondary N) is 1. The zero-order chi connectivity index (χ0) is 15.4. The predicted molar refractivity (Wildman–Crippen MR) is 75.9 cm³/mol. The summed E-state index contributed by atoms with van der Waals surface area (Å²) >= 11 is 0. The molecule has 1 aromatic heterocycles. The van der Waals surface area contributed by atoms with E-state index in [4.69, 9.17) is 4.74 Å². The number of nitro groups is 1. The third-order valence-corrected chi connectivity index (χ3v) is 3.06. The van der Waals surface area contributed by atoms with Crippen molar-refractivity contribution < 1.29 is 14.5 Å². The van der Waals surface area contributed by atoms with Gasteiger partial charge in [0.15, 0.2) is 6.20 Å². The Morgan fingerprint density at radius 2 is 2.38 bits per heavy atom. The lowest BCUT2D eigenvalue weighted by Crippen LogP contribution is -2.37. The minimum atomic E-state index is -0.536. The number of pyridine rings is 1. The SMILES string of the molecule is C=C(C)OC(=O)NC1CCN(c2ccc([N+](=O)[O-])nc2)C1. The summed E-state index contributed by atoms with van der Waals surface area (Å²) in [6.45, 7) is 6.43. The zero-order valence-corrected chi connectivity index (χ0v) is 11.6. The van der Waals surface area contributed by atoms with Gasteiger partial charge in [-0.05, 0) is 29.3 Å². The number of allylic oxidation sites excluding steroid dienone is 1. The van der Waals surface area contributed by atoms with Gasteiger partial charge in [0, 0.05) is 19.2 Å². The molecule has 1 saturated heterocycles. The summed E-state index contributed by atoms with van der Waals surface area (Å²) in [6, 6.07) is 2.98. The van der Waals surface area contributed by atoms with Crippen molar-refractivity contribution in [1.29, 1.82) is 0 Å². The number of amides is 1. The highest BCUT2D eigenvalue weighted by Crippen LogP contribution is 2.21. The Hall–Kier alpha value is -2.64. The van der Waals surface area contributed by atoms with Crippen molar-refractivity contribution in [3.8, 4) is 0 Å². The van der Waals surface area contributed by atoms with E-state index < -0.39 is 11.0 Å². The average Bonchev–Trinajstić information content (AvgIpc) is 2.86. The number of aromatic nitrogens is 1. The van der Waals surface area contributed by atoms with Gasteiger partial charge in [-0.15, -0.1) is 0 Å². The Bertz CT molecular complexity index is 558. The molecule has 8 nitrogen and oxygen atoms in total. The molecule has 1 fully saturated rings. The summed E-state index contributed by atoms with van der Waals surface area (Å²) in [5.41, 5.74) is 0.790. The fourth-order valence-corrected chi connectivity index (χ4v) is 2.14. The molecule has 1 aliphatic rings. The van der Waals surface area contributed by atoms with Gasteiger partial charge in [0.1, 0.15) is 0 Å². The fraction of sp³-hybridized carbons (Fsp3) is 0.385. The van der Waals surface area contributed by atoms with Crippen molar-refractivity contribution in [3.05, 3.63) is 40.8 Å². The summed E-state index contributed by atoms with van der Waals surface area (Å²) < 4.78 is 4.84. The van der Waals surface area contributed by atoms with Crippen molar-refractivity contribution >= 4 is 17.6 Å². The van der Waals surface area contributed by atoms with Crippen LogP contribution in [0.1, 0.15) is 13.3 Å². The summed E-state index contributed by atoms with van der Waals surface area (Å²) in [5, 5.41) is 13.3. The second-order valence-electron chi connectivity index (χ2n) is 4.80. The second kappa shape index (κ2) is 6.21. The molecule has 0 bridgehead atoms. The smallest absolute Gasteiger partial charge is 0.412 e.